The van der Waals surface area contributed by atoms with Gasteiger partial charge in [0.25, 0.3) is 5.91 Å². The molecule has 1 amide bonds. The molecule has 242 valence electrons. The molecule has 1 atom stereocenters. The van der Waals surface area contributed by atoms with Crippen molar-refractivity contribution in [2.75, 3.05) is 53.1 Å². The average molecular weight is 677 g/mol. The number of rotatable bonds is 16. The smallest absolute Gasteiger partial charge is 0.251 e. The highest BCUT2D eigenvalue weighted by Crippen LogP contribution is 2.38. The molecule has 0 radical (unpaired) electrons. The number of sulfonamides is 1. The molecule has 0 spiro atoms. The third-order valence-corrected chi connectivity index (χ3v) is 9.49. The quantitative estimate of drug-likeness (QED) is 0.157. The van der Waals surface area contributed by atoms with E-state index in [1.165, 1.54) is 0 Å². The normalized spacial score (nSPS) is 15.1. The molecule has 1 aliphatic rings. The van der Waals surface area contributed by atoms with Crippen LogP contribution in [-0.2, 0) is 26.0 Å². The largest absolute Gasteiger partial charge is 0.379 e. The zero-order valence-electron chi connectivity index (χ0n) is 25.5. The van der Waals surface area contributed by atoms with Gasteiger partial charge in [0.2, 0.25) is 10.0 Å². The monoisotopic (exact) mass is 675 g/mol. The highest BCUT2D eigenvalue weighted by atomic mass is 35.5. The summed E-state index contributed by atoms with van der Waals surface area (Å²) in [7, 11) is -1.74. The van der Waals surface area contributed by atoms with Crippen molar-refractivity contribution in [2.24, 2.45) is 0 Å². The second-order valence-corrected chi connectivity index (χ2v) is 13.5. The maximum atomic E-state index is 13.0. The molecule has 3 aromatic rings. The van der Waals surface area contributed by atoms with E-state index in [9.17, 15) is 18.0 Å². The molecule has 45 heavy (non-hydrogen) atoms. The predicted molar refractivity (Wildman–Crippen MR) is 176 cm³/mol. The minimum absolute atomic E-state index is 0.0141. The molecule has 1 heterocycles. The molecule has 0 aromatic heterocycles. The van der Waals surface area contributed by atoms with Crippen molar-refractivity contribution in [3.8, 4) is 0 Å². The Morgan fingerprint density at radius 3 is 2.40 bits per heavy atom. The minimum atomic E-state index is -3.75. The van der Waals surface area contributed by atoms with E-state index in [-0.39, 0.29) is 35.7 Å². The number of fused-ring (bicyclic) bond motifs is 1. The second-order valence-electron chi connectivity index (χ2n) is 10.9. The molecular formula is C33H39Cl2N3O6S. The summed E-state index contributed by atoms with van der Waals surface area (Å²) >= 11 is 12.8. The van der Waals surface area contributed by atoms with Gasteiger partial charge < -0.3 is 19.7 Å². The molecule has 0 aliphatic carbocycles. The van der Waals surface area contributed by atoms with Crippen LogP contribution in [-0.4, -0.2) is 78.1 Å². The Kier molecular flexibility index (Phi) is 13.0. The number of likely N-dealkylation sites (N-methyl/N-ethyl adjacent to an activating group) is 1. The number of amides is 1. The van der Waals surface area contributed by atoms with Crippen LogP contribution in [0, 0.1) is 0 Å². The van der Waals surface area contributed by atoms with Gasteiger partial charge in [-0.3, -0.25) is 9.59 Å². The summed E-state index contributed by atoms with van der Waals surface area (Å²) in [5.41, 5.74) is 3.96. The number of hydrogen-bond donors (Lipinski definition) is 2. The number of ether oxygens (including phenoxy) is 2. The van der Waals surface area contributed by atoms with Gasteiger partial charge >= 0.3 is 0 Å². The number of nitrogens with zero attached hydrogens (tertiary/aromatic N) is 1. The first-order valence-electron chi connectivity index (χ1n) is 14.9. The van der Waals surface area contributed by atoms with Crippen LogP contribution in [0.4, 0.5) is 0 Å². The molecule has 1 aliphatic heterocycles. The standard InChI is InChI=1S/C33H39Cl2N3O6S/c1-3-36-33(40)24-11-9-23(10-12-24)32(39)8-5-14-43-16-17-44-15-13-37-45(41,42)27-7-4-6-25(18-27)29-21-38(2)22-30-28(29)19-26(34)20-31(30)35/h4,6-7,9-12,18-20,29,37H,3,5,8,13-17,21-22H2,1-2H3,(H,36,40). The summed E-state index contributed by atoms with van der Waals surface area (Å²) in [5.74, 6) is -0.250. The Labute approximate surface area is 275 Å². The van der Waals surface area contributed by atoms with E-state index in [0.717, 1.165) is 16.7 Å². The van der Waals surface area contributed by atoms with Gasteiger partial charge in [0.05, 0.1) is 24.7 Å². The fourth-order valence-corrected chi connectivity index (χ4v) is 6.87. The highest BCUT2D eigenvalue weighted by Gasteiger charge is 2.28. The fourth-order valence-electron chi connectivity index (χ4n) is 5.23. The van der Waals surface area contributed by atoms with Crippen LogP contribution in [0.3, 0.4) is 0 Å². The summed E-state index contributed by atoms with van der Waals surface area (Å²) in [6.45, 7) is 5.12. The van der Waals surface area contributed by atoms with E-state index >= 15 is 0 Å². The summed E-state index contributed by atoms with van der Waals surface area (Å²) in [6.07, 6.45) is 0.883. The number of carbonyl (C=O) groups is 2. The highest BCUT2D eigenvalue weighted by molar-refractivity contribution is 7.89. The molecular weight excluding hydrogens is 637 g/mol. The van der Waals surface area contributed by atoms with Gasteiger partial charge in [-0.1, -0.05) is 47.5 Å². The fraction of sp³-hybridized carbons (Fsp3) is 0.394. The lowest BCUT2D eigenvalue weighted by Gasteiger charge is -2.33. The van der Waals surface area contributed by atoms with Crippen LogP contribution in [0.5, 0.6) is 0 Å². The van der Waals surface area contributed by atoms with Gasteiger partial charge in [-0.05, 0) is 73.5 Å². The van der Waals surface area contributed by atoms with E-state index < -0.39 is 10.0 Å². The number of benzene rings is 3. The van der Waals surface area contributed by atoms with E-state index in [4.69, 9.17) is 32.7 Å². The molecule has 3 aromatic carbocycles. The SMILES string of the molecule is CCNC(=O)c1ccc(C(=O)CCCOCCOCCNS(=O)(=O)c2cccc(C3CN(C)Cc4c(Cl)cc(Cl)cc43)c2)cc1. The van der Waals surface area contributed by atoms with Crippen LogP contribution in [0.15, 0.2) is 65.6 Å². The van der Waals surface area contributed by atoms with Gasteiger partial charge in [-0.25, -0.2) is 13.1 Å². The third kappa shape index (κ3) is 9.83. The summed E-state index contributed by atoms with van der Waals surface area (Å²) in [6, 6.07) is 17.2. The van der Waals surface area contributed by atoms with E-state index in [1.54, 1.807) is 48.5 Å². The number of ketones is 1. The van der Waals surface area contributed by atoms with E-state index in [2.05, 4.69) is 14.9 Å². The maximum absolute atomic E-state index is 13.0. The van der Waals surface area contributed by atoms with Gasteiger partial charge in [0.1, 0.15) is 0 Å². The maximum Gasteiger partial charge on any atom is 0.251 e. The molecule has 4 rings (SSSR count). The van der Waals surface area contributed by atoms with Gasteiger partial charge in [0, 0.05) is 66.3 Å². The molecule has 0 bridgehead atoms. The molecule has 0 saturated carbocycles. The Morgan fingerprint density at radius 1 is 0.956 bits per heavy atom. The van der Waals surface area contributed by atoms with Crippen LogP contribution in [0.25, 0.3) is 0 Å². The van der Waals surface area contributed by atoms with Crippen molar-refractivity contribution in [1.82, 2.24) is 14.9 Å². The van der Waals surface area contributed by atoms with Crippen molar-refractivity contribution in [3.63, 3.8) is 0 Å². The zero-order chi connectivity index (χ0) is 32.4. The Bertz CT molecular complexity index is 1580. The molecule has 12 heteroatoms. The topological polar surface area (TPSA) is 114 Å². The van der Waals surface area contributed by atoms with Crippen molar-refractivity contribution in [2.45, 2.75) is 37.1 Å². The molecule has 2 N–H and O–H groups in total. The number of nitrogens with one attached hydrogen (secondary N) is 2. The zero-order valence-corrected chi connectivity index (χ0v) is 27.8. The average Bonchev–Trinajstić information content (AvgIpc) is 3.02. The second kappa shape index (κ2) is 16.6. The lowest BCUT2D eigenvalue weighted by Crippen LogP contribution is -2.31. The first-order valence-corrected chi connectivity index (χ1v) is 17.2. The number of carbonyl (C=O) groups excluding carboxylic acids is 2. The minimum Gasteiger partial charge on any atom is -0.379 e. The Balaban J connectivity index is 1.15. The summed E-state index contributed by atoms with van der Waals surface area (Å²) < 4.78 is 39.7. The van der Waals surface area contributed by atoms with Crippen LogP contribution < -0.4 is 10.0 Å². The van der Waals surface area contributed by atoms with Gasteiger partial charge in [0.15, 0.2) is 5.78 Å². The van der Waals surface area contributed by atoms with Gasteiger partial charge in [-0.15, -0.1) is 0 Å². The summed E-state index contributed by atoms with van der Waals surface area (Å²) in [5, 5.41) is 3.89. The van der Waals surface area contributed by atoms with Crippen molar-refractivity contribution < 1.29 is 27.5 Å². The Morgan fingerprint density at radius 2 is 1.67 bits per heavy atom. The van der Waals surface area contributed by atoms with Crippen LogP contribution in [0.1, 0.15) is 63.1 Å². The lowest BCUT2D eigenvalue weighted by molar-refractivity contribution is 0.0481. The first-order chi connectivity index (χ1) is 21.6. The van der Waals surface area contributed by atoms with Crippen LogP contribution in [0.2, 0.25) is 10.0 Å². The molecule has 0 saturated heterocycles. The molecule has 1 unspecified atom stereocenters. The number of halogens is 2. The number of Topliss-reactive ketones (excluding diaryl/α,β-unsaturated/α-hetero) is 1. The third-order valence-electron chi connectivity index (χ3n) is 7.47. The Hall–Kier alpha value is -2.83. The molecule has 0 fully saturated rings. The molecule has 9 nitrogen and oxygen atoms in total. The van der Waals surface area contributed by atoms with Gasteiger partial charge in [-0.2, -0.15) is 0 Å². The van der Waals surface area contributed by atoms with E-state index in [1.807, 2.05) is 26.1 Å². The predicted octanol–water partition coefficient (Wildman–Crippen LogP) is 5.30. The van der Waals surface area contributed by atoms with Crippen molar-refractivity contribution in [1.29, 1.82) is 0 Å². The van der Waals surface area contributed by atoms with E-state index in [0.29, 0.717) is 73.5 Å². The number of hydrogen-bond acceptors (Lipinski definition) is 7. The van der Waals surface area contributed by atoms with Crippen LogP contribution >= 0.6 is 23.2 Å². The van der Waals surface area contributed by atoms with Crippen molar-refractivity contribution in [3.05, 3.63) is 98.5 Å². The lowest BCUT2D eigenvalue weighted by atomic mass is 9.85. The first kappa shape index (κ1) is 35.0. The van der Waals surface area contributed by atoms with Crippen molar-refractivity contribution >= 4 is 44.9 Å². The summed E-state index contributed by atoms with van der Waals surface area (Å²) in [4.78, 5) is 26.6.